The Morgan fingerprint density at radius 2 is 1.88 bits per heavy atom. The summed E-state index contributed by atoms with van der Waals surface area (Å²) in [6, 6.07) is -0.0833. The first-order valence-corrected chi connectivity index (χ1v) is 5.84. The number of hydrogen-bond acceptors (Lipinski definition) is 3. The van der Waals surface area contributed by atoms with Crippen LogP contribution in [0.25, 0.3) is 0 Å². The quantitative estimate of drug-likeness (QED) is 0.772. The second-order valence-corrected chi connectivity index (χ2v) is 5.66. The first kappa shape index (κ1) is 16.0. The van der Waals surface area contributed by atoms with E-state index >= 15 is 0 Å². The van der Waals surface area contributed by atoms with Gasteiger partial charge in [-0.25, -0.2) is 4.79 Å². The van der Waals surface area contributed by atoms with Crippen LogP contribution in [-0.4, -0.2) is 39.9 Å². The van der Waals surface area contributed by atoms with E-state index in [0.29, 0.717) is 0 Å². The van der Waals surface area contributed by atoms with Crippen LogP contribution in [-0.2, 0) is 4.74 Å². The summed E-state index contributed by atoms with van der Waals surface area (Å²) >= 11 is 0. The Hall–Kier alpha value is -1.03. The van der Waals surface area contributed by atoms with Crippen molar-refractivity contribution >= 4 is 6.09 Å². The zero-order valence-electron chi connectivity index (χ0n) is 11.8. The molecule has 0 spiro atoms. The second kappa shape index (κ2) is 5.54. The number of amides is 1. The van der Waals surface area contributed by atoms with Crippen molar-refractivity contribution in [3.8, 4) is 0 Å². The minimum Gasteiger partial charge on any atom is -0.444 e. The molecule has 1 N–H and O–H groups in total. The molecule has 0 aromatic rings. The highest BCUT2D eigenvalue weighted by Crippen LogP contribution is 2.22. The van der Waals surface area contributed by atoms with Crippen molar-refractivity contribution < 1.29 is 14.6 Å². The SMILES string of the molecule is C=CC(C)(CO)N(C(=O)OC(C)(C)C)C(C)C. The van der Waals surface area contributed by atoms with Crippen LogP contribution in [0.3, 0.4) is 0 Å². The fraction of sp³-hybridized carbons (Fsp3) is 0.769. The summed E-state index contributed by atoms with van der Waals surface area (Å²) in [5.41, 5.74) is -1.36. The van der Waals surface area contributed by atoms with Gasteiger partial charge in [0.2, 0.25) is 0 Å². The first-order valence-electron chi connectivity index (χ1n) is 5.84. The van der Waals surface area contributed by atoms with Gasteiger partial charge in [-0.05, 0) is 41.5 Å². The van der Waals surface area contributed by atoms with Gasteiger partial charge in [0.15, 0.2) is 0 Å². The van der Waals surface area contributed by atoms with Crippen LogP contribution >= 0.6 is 0 Å². The van der Waals surface area contributed by atoms with E-state index in [-0.39, 0.29) is 12.6 Å². The summed E-state index contributed by atoms with van der Waals surface area (Å²) in [6.07, 6.45) is 1.13. The van der Waals surface area contributed by atoms with Crippen molar-refractivity contribution in [1.82, 2.24) is 4.90 Å². The standard InChI is InChI=1S/C13H25NO3/c1-8-13(7,9-15)14(10(2)3)11(16)17-12(4,5)6/h8,10,15H,1,9H2,2-7H3. The zero-order chi connectivity index (χ0) is 13.9. The molecule has 100 valence electrons. The van der Waals surface area contributed by atoms with E-state index in [4.69, 9.17) is 4.74 Å². The number of rotatable bonds is 4. The molecular formula is C13H25NO3. The molecule has 0 saturated carbocycles. The van der Waals surface area contributed by atoms with E-state index in [0.717, 1.165) is 0 Å². The van der Waals surface area contributed by atoms with Gasteiger partial charge in [-0.15, -0.1) is 6.58 Å². The van der Waals surface area contributed by atoms with Gasteiger partial charge in [-0.3, -0.25) is 4.90 Å². The number of hydrogen-bond donors (Lipinski definition) is 1. The minimum absolute atomic E-state index is 0.0833. The van der Waals surface area contributed by atoms with Gasteiger partial charge in [0, 0.05) is 6.04 Å². The van der Waals surface area contributed by atoms with Crippen LogP contribution in [0.5, 0.6) is 0 Å². The van der Waals surface area contributed by atoms with Gasteiger partial charge in [0.1, 0.15) is 5.60 Å². The predicted molar refractivity (Wildman–Crippen MR) is 68.9 cm³/mol. The molecule has 0 radical (unpaired) electrons. The third kappa shape index (κ3) is 4.38. The monoisotopic (exact) mass is 243 g/mol. The summed E-state index contributed by atoms with van der Waals surface area (Å²) < 4.78 is 5.34. The molecular weight excluding hydrogens is 218 g/mol. The summed E-state index contributed by atoms with van der Waals surface area (Å²) in [6.45, 7) is 14.4. The van der Waals surface area contributed by atoms with Crippen molar-refractivity contribution in [3.63, 3.8) is 0 Å². The molecule has 1 amide bonds. The van der Waals surface area contributed by atoms with E-state index in [1.54, 1.807) is 13.0 Å². The second-order valence-electron chi connectivity index (χ2n) is 5.66. The molecule has 0 aromatic heterocycles. The Labute approximate surface area is 104 Å². The molecule has 17 heavy (non-hydrogen) atoms. The van der Waals surface area contributed by atoms with Crippen molar-refractivity contribution in [3.05, 3.63) is 12.7 Å². The topological polar surface area (TPSA) is 49.8 Å². The molecule has 0 bridgehead atoms. The molecule has 0 aliphatic heterocycles. The Bertz CT molecular complexity index is 281. The lowest BCUT2D eigenvalue weighted by Crippen LogP contribution is -2.55. The third-order valence-corrected chi connectivity index (χ3v) is 2.42. The number of aliphatic hydroxyl groups is 1. The third-order valence-electron chi connectivity index (χ3n) is 2.42. The van der Waals surface area contributed by atoms with Crippen LogP contribution < -0.4 is 0 Å². The van der Waals surface area contributed by atoms with Gasteiger partial charge >= 0.3 is 6.09 Å². The number of ether oxygens (including phenoxy) is 1. The first-order chi connectivity index (χ1) is 7.57. The highest BCUT2D eigenvalue weighted by molar-refractivity contribution is 5.70. The maximum atomic E-state index is 12.1. The highest BCUT2D eigenvalue weighted by atomic mass is 16.6. The highest BCUT2D eigenvalue weighted by Gasteiger charge is 2.36. The maximum absolute atomic E-state index is 12.1. The number of nitrogens with zero attached hydrogens (tertiary/aromatic N) is 1. The molecule has 4 nitrogen and oxygen atoms in total. The van der Waals surface area contributed by atoms with E-state index in [2.05, 4.69) is 6.58 Å². The molecule has 4 heteroatoms. The molecule has 0 fully saturated rings. The number of aliphatic hydroxyl groups excluding tert-OH is 1. The summed E-state index contributed by atoms with van der Waals surface area (Å²) in [5.74, 6) is 0. The van der Waals surface area contributed by atoms with Crippen molar-refractivity contribution in [2.24, 2.45) is 0 Å². The molecule has 0 aromatic carbocycles. The lowest BCUT2D eigenvalue weighted by atomic mass is 10.00. The Morgan fingerprint density at radius 3 is 2.12 bits per heavy atom. The molecule has 0 heterocycles. The van der Waals surface area contributed by atoms with Gasteiger partial charge in [-0.2, -0.15) is 0 Å². The average molecular weight is 243 g/mol. The Morgan fingerprint density at radius 1 is 1.41 bits per heavy atom. The fourth-order valence-corrected chi connectivity index (χ4v) is 1.56. The lowest BCUT2D eigenvalue weighted by Gasteiger charge is -2.41. The van der Waals surface area contributed by atoms with Crippen molar-refractivity contribution in [1.29, 1.82) is 0 Å². The molecule has 0 rings (SSSR count). The smallest absolute Gasteiger partial charge is 0.411 e. The van der Waals surface area contributed by atoms with E-state index in [1.165, 1.54) is 4.90 Å². The Balaban J connectivity index is 5.12. The van der Waals surface area contributed by atoms with Crippen LogP contribution in [0, 0.1) is 0 Å². The van der Waals surface area contributed by atoms with Crippen LogP contribution in [0.15, 0.2) is 12.7 Å². The molecule has 1 unspecified atom stereocenters. The average Bonchev–Trinajstić information content (AvgIpc) is 2.14. The number of carbonyl (C=O) groups excluding carboxylic acids is 1. The van der Waals surface area contributed by atoms with E-state index < -0.39 is 17.2 Å². The molecule has 1 atom stereocenters. The van der Waals surface area contributed by atoms with Gasteiger partial charge < -0.3 is 9.84 Å². The summed E-state index contributed by atoms with van der Waals surface area (Å²) in [5, 5.41) is 9.43. The minimum atomic E-state index is -0.809. The van der Waals surface area contributed by atoms with Crippen LogP contribution in [0.4, 0.5) is 4.79 Å². The van der Waals surface area contributed by atoms with Crippen LogP contribution in [0.2, 0.25) is 0 Å². The lowest BCUT2D eigenvalue weighted by molar-refractivity contribution is -0.0118. The normalized spacial score (nSPS) is 15.3. The van der Waals surface area contributed by atoms with Crippen molar-refractivity contribution in [2.45, 2.75) is 58.7 Å². The van der Waals surface area contributed by atoms with Crippen LogP contribution in [0.1, 0.15) is 41.5 Å². The summed E-state index contributed by atoms with van der Waals surface area (Å²) in [4.78, 5) is 13.6. The van der Waals surface area contributed by atoms with E-state index in [1.807, 2.05) is 34.6 Å². The molecule has 0 saturated heterocycles. The molecule has 0 aliphatic carbocycles. The predicted octanol–water partition coefficient (Wildman–Crippen LogP) is 2.57. The number of carbonyl (C=O) groups is 1. The largest absolute Gasteiger partial charge is 0.444 e. The Kier molecular flexibility index (Phi) is 5.20. The van der Waals surface area contributed by atoms with Crippen molar-refractivity contribution in [2.75, 3.05) is 6.61 Å². The summed E-state index contributed by atoms with van der Waals surface area (Å²) in [7, 11) is 0. The maximum Gasteiger partial charge on any atom is 0.411 e. The van der Waals surface area contributed by atoms with Gasteiger partial charge in [-0.1, -0.05) is 6.08 Å². The molecule has 0 aliphatic rings. The van der Waals surface area contributed by atoms with E-state index in [9.17, 15) is 9.90 Å². The zero-order valence-corrected chi connectivity index (χ0v) is 11.8. The van der Waals surface area contributed by atoms with Gasteiger partial charge in [0.05, 0.1) is 12.1 Å². The fourth-order valence-electron chi connectivity index (χ4n) is 1.56. The van der Waals surface area contributed by atoms with Gasteiger partial charge in [0.25, 0.3) is 0 Å².